The molecule has 252 valence electrons. The quantitative estimate of drug-likeness (QED) is 0.207. The molecule has 0 atom stereocenters. The van der Waals surface area contributed by atoms with E-state index in [9.17, 15) is 14.7 Å². The number of carbonyl (C=O) groups is 1. The minimum atomic E-state index is -1.10. The SMILES string of the molecule is Cc1csc(-c2ccc(CN3CCC(O)(Cn4cnc5c(-c6ccc(CNC(=O)OC(C)(C)C)cc6)n(C)nc5c4=O)CC3)c(F)c2)c1. The fourth-order valence-corrected chi connectivity index (χ4v) is 6.95. The average molecular weight is 673 g/mol. The van der Waals surface area contributed by atoms with Gasteiger partial charge in [-0.3, -0.25) is 18.9 Å². The maximum atomic E-state index is 15.0. The highest BCUT2D eigenvalue weighted by molar-refractivity contribution is 7.13. The molecule has 0 bridgehead atoms. The maximum Gasteiger partial charge on any atom is 0.407 e. The second-order valence-corrected chi connectivity index (χ2v) is 14.6. The van der Waals surface area contributed by atoms with Crippen LogP contribution in [0.1, 0.15) is 50.3 Å². The van der Waals surface area contributed by atoms with Gasteiger partial charge in [-0.2, -0.15) is 5.10 Å². The number of carbonyl (C=O) groups excluding carboxylic acids is 1. The Morgan fingerprint density at radius 2 is 1.79 bits per heavy atom. The van der Waals surface area contributed by atoms with Gasteiger partial charge in [0.1, 0.15) is 16.9 Å². The number of rotatable bonds is 8. The van der Waals surface area contributed by atoms with Crippen molar-refractivity contribution in [3.63, 3.8) is 0 Å². The molecule has 1 aliphatic rings. The Bertz CT molecular complexity index is 2000. The molecule has 48 heavy (non-hydrogen) atoms. The van der Waals surface area contributed by atoms with Crippen molar-refractivity contribution < 1.29 is 19.0 Å². The van der Waals surface area contributed by atoms with E-state index in [1.165, 1.54) is 10.9 Å². The molecule has 5 aromatic rings. The number of benzene rings is 2. The van der Waals surface area contributed by atoms with Gasteiger partial charge in [-0.25, -0.2) is 14.2 Å². The molecule has 1 amide bonds. The molecule has 4 heterocycles. The zero-order valence-corrected chi connectivity index (χ0v) is 28.7. The van der Waals surface area contributed by atoms with Gasteiger partial charge in [0, 0.05) is 49.2 Å². The molecule has 6 rings (SSSR count). The number of nitrogens with zero attached hydrogens (tertiary/aromatic N) is 5. The summed E-state index contributed by atoms with van der Waals surface area (Å²) in [7, 11) is 1.77. The minimum absolute atomic E-state index is 0.0944. The van der Waals surface area contributed by atoms with Gasteiger partial charge in [0.25, 0.3) is 5.56 Å². The molecule has 3 aromatic heterocycles. The van der Waals surface area contributed by atoms with E-state index >= 15 is 4.39 Å². The van der Waals surface area contributed by atoms with Crippen LogP contribution in [0.2, 0.25) is 0 Å². The fraction of sp³-hybridized carbons (Fsp3) is 0.389. The second kappa shape index (κ2) is 13.3. The fourth-order valence-electron chi connectivity index (χ4n) is 6.05. The molecule has 10 nitrogen and oxygen atoms in total. The zero-order valence-electron chi connectivity index (χ0n) is 27.9. The Labute approximate surface area is 282 Å². The number of piperidine rings is 1. The van der Waals surface area contributed by atoms with Crippen LogP contribution in [0.15, 0.2) is 65.0 Å². The van der Waals surface area contributed by atoms with Gasteiger partial charge in [-0.15, -0.1) is 11.3 Å². The van der Waals surface area contributed by atoms with Gasteiger partial charge in [0.2, 0.25) is 0 Å². The summed E-state index contributed by atoms with van der Waals surface area (Å²) in [6, 6.07) is 15.1. The third-order valence-corrected chi connectivity index (χ3v) is 9.69. The Hall–Kier alpha value is -4.39. The number of fused-ring (bicyclic) bond motifs is 1. The molecule has 0 saturated carbocycles. The summed E-state index contributed by atoms with van der Waals surface area (Å²) in [6.07, 6.45) is 1.87. The van der Waals surface area contributed by atoms with Gasteiger partial charge in [0.05, 0.1) is 24.2 Å². The first-order valence-corrected chi connectivity index (χ1v) is 16.9. The van der Waals surface area contributed by atoms with Crippen molar-refractivity contribution in [2.24, 2.45) is 7.05 Å². The first kappa shape index (κ1) is 33.5. The maximum absolute atomic E-state index is 15.0. The number of aliphatic hydroxyl groups is 1. The van der Waals surface area contributed by atoms with Crippen molar-refractivity contribution >= 4 is 28.5 Å². The number of aryl methyl sites for hydroxylation is 2. The topological polar surface area (TPSA) is 115 Å². The van der Waals surface area contributed by atoms with Gasteiger partial charge in [0.15, 0.2) is 5.52 Å². The predicted octanol–water partition coefficient (Wildman–Crippen LogP) is 6.02. The highest BCUT2D eigenvalue weighted by atomic mass is 32.1. The molecule has 0 aliphatic carbocycles. The van der Waals surface area contributed by atoms with Crippen molar-refractivity contribution in [1.29, 1.82) is 0 Å². The van der Waals surface area contributed by atoms with Crippen LogP contribution in [0.4, 0.5) is 9.18 Å². The summed E-state index contributed by atoms with van der Waals surface area (Å²) in [5.41, 5.74) is 3.77. The molecule has 2 N–H and O–H groups in total. The molecule has 1 fully saturated rings. The van der Waals surface area contributed by atoms with Crippen molar-refractivity contribution in [3.8, 4) is 21.7 Å². The van der Waals surface area contributed by atoms with Crippen LogP contribution in [-0.4, -0.2) is 59.7 Å². The van der Waals surface area contributed by atoms with Crippen LogP contribution in [0.5, 0.6) is 0 Å². The van der Waals surface area contributed by atoms with E-state index in [1.54, 1.807) is 29.1 Å². The van der Waals surface area contributed by atoms with Crippen LogP contribution in [-0.2, 0) is 31.4 Å². The van der Waals surface area contributed by atoms with E-state index < -0.39 is 17.3 Å². The number of halogens is 1. The van der Waals surface area contributed by atoms with Crippen LogP contribution in [0.25, 0.3) is 32.7 Å². The molecule has 0 spiro atoms. The van der Waals surface area contributed by atoms with E-state index in [2.05, 4.69) is 31.7 Å². The largest absolute Gasteiger partial charge is 0.444 e. The summed E-state index contributed by atoms with van der Waals surface area (Å²) in [5, 5.41) is 20.8. The number of ether oxygens (including phenoxy) is 1. The summed E-state index contributed by atoms with van der Waals surface area (Å²) < 4.78 is 23.4. The Kier molecular flexibility index (Phi) is 9.25. The normalized spacial score (nSPS) is 15.1. The molecule has 1 aliphatic heterocycles. The number of hydrogen-bond donors (Lipinski definition) is 2. The molecule has 0 radical (unpaired) electrons. The highest BCUT2D eigenvalue weighted by Gasteiger charge is 2.34. The number of thiophene rings is 1. The van der Waals surface area contributed by atoms with Crippen molar-refractivity contribution in [2.75, 3.05) is 13.1 Å². The average Bonchev–Trinajstić information content (AvgIpc) is 3.62. The number of amides is 1. The van der Waals surface area contributed by atoms with E-state index in [4.69, 9.17) is 4.74 Å². The van der Waals surface area contributed by atoms with Crippen molar-refractivity contribution in [1.82, 2.24) is 29.5 Å². The van der Waals surface area contributed by atoms with Crippen LogP contribution < -0.4 is 10.9 Å². The molecular weight excluding hydrogens is 631 g/mol. The lowest BCUT2D eigenvalue weighted by Gasteiger charge is -2.38. The molecule has 2 aromatic carbocycles. The lowest BCUT2D eigenvalue weighted by molar-refractivity contribution is -0.0366. The Balaban J connectivity index is 1.09. The van der Waals surface area contributed by atoms with Crippen LogP contribution in [0, 0.1) is 12.7 Å². The Morgan fingerprint density at radius 3 is 2.44 bits per heavy atom. The molecule has 12 heteroatoms. The Morgan fingerprint density at radius 1 is 1.08 bits per heavy atom. The zero-order chi connectivity index (χ0) is 34.2. The third kappa shape index (κ3) is 7.51. The van der Waals surface area contributed by atoms with Gasteiger partial charge in [-0.05, 0) is 74.7 Å². The lowest BCUT2D eigenvalue weighted by atomic mass is 9.91. The van der Waals surface area contributed by atoms with Gasteiger partial charge < -0.3 is 15.2 Å². The predicted molar refractivity (Wildman–Crippen MR) is 185 cm³/mol. The number of aromatic nitrogens is 4. The van der Waals surface area contributed by atoms with Crippen LogP contribution >= 0.6 is 11.3 Å². The smallest absolute Gasteiger partial charge is 0.407 e. The standard InChI is InChI=1S/C36H41FN6O4S/c1-23-16-29(48-20-23)26-10-11-27(28(37)17-26)19-42-14-12-36(46,13-15-42)21-43-22-39-30-31(33(43)44)40-41(5)32(30)25-8-6-24(7-9-25)18-38-34(45)47-35(2,3)4/h6-11,16-17,20,22,46H,12-15,18-19,21H2,1-5H3,(H,38,45). The van der Waals surface area contributed by atoms with Crippen LogP contribution in [0.3, 0.4) is 0 Å². The summed E-state index contributed by atoms with van der Waals surface area (Å²) in [4.78, 5) is 33.3. The number of nitrogens with one attached hydrogen (secondary N) is 1. The van der Waals surface area contributed by atoms with E-state index in [1.807, 2.05) is 64.1 Å². The van der Waals surface area contributed by atoms with Gasteiger partial charge in [-0.1, -0.05) is 36.4 Å². The number of alkyl carbamates (subject to hydrolysis) is 1. The minimum Gasteiger partial charge on any atom is -0.444 e. The summed E-state index contributed by atoms with van der Waals surface area (Å²) in [6.45, 7) is 9.47. The monoisotopic (exact) mass is 672 g/mol. The van der Waals surface area contributed by atoms with E-state index in [-0.39, 0.29) is 23.4 Å². The molecule has 1 saturated heterocycles. The first-order chi connectivity index (χ1) is 22.8. The van der Waals surface area contributed by atoms with E-state index in [0.717, 1.165) is 27.1 Å². The van der Waals surface area contributed by atoms with Gasteiger partial charge >= 0.3 is 6.09 Å². The second-order valence-electron chi connectivity index (χ2n) is 13.7. The summed E-state index contributed by atoms with van der Waals surface area (Å²) >= 11 is 1.61. The third-order valence-electron chi connectivity index (χ3n) is 8.59. The first-order valence-electron chi connectivity index (χ1n) is 16.0. The lowest BCUT2D eigenvalue weighted by Crippen LogP contribution is -2.47. The van der Waals surface area contributed by atoms with E-state index in [0.29, 0.717) is 55.8 Å². The summed E-state index contributed by atoms with van der Waals surface area (Å²) in [5.74, 6) is -0.230. The molecular formula is C36H41FN6O4S. The molecule has 0 unspecified atom stereocenters. The van der Waals surface area contributed by atoms with Crippen molar-refractivity contribution in [3.05, 3.63) is 93.1 Å². The van der Waals surface area contributed by atoms with Crippen molar-refractivity contribution in [2.45, 2.75) is 71.4 Å². The number of likely N-dealkylation sites (tertiary alicyclic amines) is 1. The number of hydrogen-bond acceptors (Lipinski definition) is 8. The highest BCUT2D eigenvalue weighted by Crippen LogP contribution is 2.31.